The van der Waals surface area contributed by atoms with Crippen molar-refractivity contribution < 1.29 is 0 Å². The summed E-state index contributed by atoms with van der Waals surface area (Å²) in [6.07, 6.45) is 3.70. The van der Waals surface area contributed by atoms with Gasteiger partial charge in [0.15, 0.2) is 0 Å². The molecule has 0 saturated carbocycles. The van der Waals surface area contributed by atoms with Crippen molar-refractivity contribution in [1.82, 2.24) is 19.5 Å². The summed E-state index contributed by atoms with van der Waals surface area (Å²) in [7, 11) is 0. The fourth-order valence-electron chi connectivity index (χ4n) is 1.60. The molecule has 0 spiro atoms. The molecule has 3 rings (SSSR count). The minimum absolute atomic E-state index is 0.803. The number of rotatable bonds is 1. The number of aryl methyl sites for hydroxylation is 1. The number of H-pyrrole nitrogens is 1. The normalized spacial score (nSPS) is 11.0. The number of para-hydroxylation sites is 2. The number of benzene rings is 1. The van der Waals surface area contributed by atoms with Crippen molar-refractivity contribution in [3.8, 4) is 5.95 Å². The van der Waals surface area contributed by atoms with E-state index in [2.05, 4.69) is 15.0 Å². The van der Waals surface area contributed by atoms with E-state index in [0.29, 0.717) is 0 Å². The summed E-state index contributed by atoms with van der Waals surface area (Å²) in [5.41, 5.74) is 2.99. The molecule has 2 aromatic heterocycles. The smallest absolute Gasteiger partial charge is 0.213 e. The van der Waals surface area contributed by atoms with Crippen molar-refractivity contribution in [2.75, 3.05) is 0 Å². The fraction of sp³-hybridized carbons (Fsp3) is 0.0909. The summed E-state index contributed by atoms with van der Waals surface area (Å²) in [5, 5.41) is 0. The first-order valence-corrected chi connectivity index (χ1v) is 4.79. The van der Waals surface area contributed by atoms with Gasteiger partial charge < -0.3 is 4.98 Å². The molecule has 0 saturated heterocycles. The number of fused-ring (bicyclic) bond motifs is 1. The lowest BCUT2D eigenvalue weighted by Crippen LogP contribution is -1.91. The van der Waals surface area contributed by atoms with Crippen molar-refractivity contribution in [3.63, 3.8) is 0 Å². The number of imidazole rings is 2. The van der Waals surface area contributed by atoms with Gasteiger partial charge in [0.25, 0.3) is 0 Å². The van der Waals surface area contributed by atoms with E-state index in [1.807, 2.05) is 42.0 Å². The van der Waals surface area contributed by atoms with Gasteiger partial charge in [-0.2, -0.15) is 0 Å². The molecule has 0 atom stereocenters. The Morgan fingerprint density at radius 2 is 2.13 bits per heavy atom. The van der Waals surface area contributed by atoms with Crippen LogP contribution in [0.4, 0.5) is 0 Å². The lowest BCUT2D eigenvalue weighted by atomic mass is 10.3. The third-order valence-electron chi connectivity index (χ3n) is 2.33. The molecule has 3 aromatic rings. The Kier molecular flexibility index (Phi) is 1.62. The predicted molar refractivity (Wildman–Crippen MR) is 58.0 cm³/mol. The number of hydrogen-bond donors (Lipinski definition) is 1. The Hall–Kier alpha value is -2.10. The lowest BCUT2D eigenvalue weighted by molar-refractivity contribution is 0.967. The van der Waals surface area contributed by atoms with Gasteiger partial charge in [0, 0.05) is 6.20 Å². The van der Waals surface area contributed by atoms with Gasteiger partial charge in [-0.15, -0.1) is 0 Å². The molecule has 0 amide bonds. The largest absolute Gasteiger partial charge is 0.323 e. The van der Waals surface area contributed by atoms with Crippen LogP contribution >= 0.6 is 0 Å². The second-order valence-corrected chi connectivity index (χ2v) is 3.50. The summed E-state index contributed by atoms with van der Waals surface area (Å²) in [4.78, 5) is 11.9. The molecule has 2 heterocycles. The maximum Gasteiger partial charge on any atom is 0.213 e. The zero-order chi connectivity index (χ0) is 10.3. The third-order valence-corrected chi connectivity index (χ3v) is 2.33. The zero-order valence-electron chi connectivity index (χ0n) is 8.31. The number of aromatic amines is 1. The minimum Gasteiger partial charge on any atom is -0.323 e. The van der Waals surface area contributed by atoms with E-state index in [1.54, 1.807) is 6.33 Å². The molecular formula is C11H10N4. The van der Waals surface area contributed by atoms with Crippen molar-refractivity contribution in [2.45, 2.75) is 6.92 Å². The molecule has 0 aliphatic heterocycles. The number of hydrogen-bond acceptors (Lipinski definition) is 2. The predicted octanol–water partition coefficient (Wildman–Crippen LogP) is 2.06. The second kappa shape index (κ2) is 2.95. The van der Waals surface area contributed by atoms with Gasteiger partial charge in [-0.25, -0.2) is 9.97 Å². The molecule has 0 unspecified atom stereocenters. The van der Waals surface area contributed by atoms with E-state index >= 15 is 0 Å². The Bertz CT molecular complexity index is 573. The summed E-state index contributed by atoms with van der Waals surface area (Å²) in [5.74, 6) is 0.803. The van der Waals surface area contributed by atoms with Crippen LogP contribution < -0.4 is 0 Å². The zero-order valence-corrected chi connectivity index (χ0v) is 8.31. The van der Waals surface area contributed by atoms with Gasteiger partial charge in [0.05, 0.1) is 16.7 Å². The Labute approximate surface area is 86.6 Å². The highest BCUT2D eigenvalue weighted by Crippen LogP contribution is 2.13. The first-order valence-electron chi connectivity index (χ1n) is 4.79. The molecule has 0 bridgehead atoms. The van der Waals surface area contributed by atoms with E-state index < -0.39 is 0 Å². The number of aromatic nitrogens is 4. The molecule has 4 heteroatoms. The summed E-state index contributed by atoms with van der Waals surface area (Å²) in [6, 6.07) is 7.96. The molecular weight excluding hydrogens is 188 g/mol. The fourth-order valence-corrected chi connectivity index (χ4v) is 1.60. The van der Waals surface area contributed by atoms with E-state index in [9.17, 15) is 0 Å². The minimum atomic E-state index is 0.803. The summed E-state index contributed by atoms with van der Waals surface area (Å²) in [6.45, 7) is 1.96. The Balaban J connectivity index is 2.19. The maximum atomic E-state index is 4.46. The monoisotopic (exact) mass is 198 g/mol. The van der Waals surface area contributed by atoms with Crippen molar-refractivity contribution >= 4 is 11.0 Å². The molecule has 0 fully saturated rings. The molecule has 0 aliphatic rings. The van der Waals surface area contributed by atoms with Crippen LogP contribution in [0, 0.1) is 6.92 Å². The molecule has 74 valence electrons. The van der Waals surface area contributed by atoms with Crippen LogP contribution in [0.25, 0.3) is 17.0 Å². The molecule has 15 heavy (non-hydrogen) atoms. The van der Waals surface area contributed by atoms with Gasteiger partial charge in [0.1, 0.15) is 6.33 Å². The first-order chi connectivity index (χ1) is 7.33. The van der Waals surface area contributed by atoms with Crippen LogP contribution in [0.1, 0.15) is 5.69 Å². The SMILES string of the molecule is Cc1cn(-c2nc3ccccc3[nH]2)cn1. The van der Waals surface area contributed by atoms with Gasteiger partial charge in [0.2, 0.25) is 5.95 Å². The number of nitrogens with one attached hydrogen (secondary N) is 1. The number of nitrogens with zero attached hydrogens (tertiary/aromatic N) is 3. The highest BCUT2D eigenvalue weighted by atomic mass is 15.2. The van der Waals surface area contributed by atoms with E-state index in [4.69, 9.17) is 0 Å². The van der Waals surface area contributed by atoms with Gasteiger partial charge in [-0.1, -0.05) is 12.1 Å². The van der Waals surface area contributed by atoms with Crippen LogP contribution in [0.3, 0.4) is 0 Å². The molecule has 0 aliphatic carbocycles. The van der Waals surface area contributed by atoms with Crippen LogP contribution in [0.15, 0.2) is 36.8 Å². The van der Waals surface area contributed by atoms with Crippen molar-refractivity contribution in [2.24, 2.45) is 0 Å². The van der Waals surface area contributed by atoms with E-state index in [1.165, 1.54) is 0 Å². The lowest BCUT2D eigenvalue weighted by Gasteiger charge is -1.92. The Morgan fingerprint density at radius 3 is 2.87 bits per heavy atom. The average Bonchev–Trinajstić information content (AvgIpc) is 2.82. The maximum absolute atomic E-state index is 4.46. The highest BCUT2D eigenvalue weighted by molar-refractivity contribution is 5.75. The highest BCUT2D eigenvalue weighted by Gasteiger charge is 2.03. The van der Waals surface area contributed by atoms with Crippen LogP contribution in [0.5, 0.6) is 0 Å². The van der Waals surface area contributed by atoms with Crippen LogP contribution in [0.2, 0.25) is 0 Å². The van der Waals surface area contributed by atoms with Crippen LogP contribution in [-0.4, -0.2) is 19.5 Å². The quantitative estimate of drug-likeness (QED) is 0.650. The van der Waals surface area contributed by atoms with Gasteiger partial charge >= 0.3 is 0 Å². The molecule has 4 nitrogen and oxygen atoms in total. The first kappa shape index (κ1) is 8.23. The Morgan fingerprint density at radius 1 is 1.27 bits per heavy atom. The molecule has 0 radical (unpaired) electrons. The van der Waals surface area contributed by atoms with E-state index in [-0.39, 0.29) is 0 Å². The van der Waals surface area contributed by atoms with Gasteiger partial charge in [-0.05, 0) is 19.1 Å². The van der Waals surface area contributed by atoms with Crippen molar-refractivity contribution in [3.05, 3.63) is 42.5 Å². The van der Waals surface area contributed by atoms with Crippen molar-refractivity contribution in [1.29, 1.82) is 0 Å². The summed E-state index contributed by atoms with van der Waals surface area (Å²) >= 11 is 0. The average molecular weight is 198 g/mol. The van der Waals surface area contributed by atoms with E-state index in [0.717, 1.165) is 22.7 Å². The van der Waals surface area contributed by atoms with Gasteiger partial charge in [-0.3, -0.25) is 4.57 Å². The second-order valence-electron chi connectivity index (χ2n) is 3.50. The molecule has 1 N–H and O–H groups in total. The standard InChI is InChI=1S/C11H10N4/c1-8-6-15(7-12-8)11-13-9-4-2-3-5-10(9)14-11/h2-7H,1H3,(H,13,14). The topological polar surface area (TPSA) is 46.5 Å². The third kappa shape index (κ3) is 1.30. The summed E-state index contributed by atoms with van der Waals surface area (Å²) < 4.78 is 1.88. The molecule has 1 aromatic carbocycles. The van der Waals surface area contributed by atoms with Crippen LogP contribution in [-0.2, 0) is 0 Å².